The Morgan fingerprint density at radius 1 is 1.23 bits per heavy atom. The first kappa shape index (κ1) is 30.8. The predicted molar refractivity (Wildman–Crippen MR) is 175 cm³/mol. The van der Waals surface area contributed by atoms with Crippen LogP contribution in [-0.4, -0.2) is 86.8 Å². The van der Waals surface area contributed by atoms with Gasteiger partial charge < -0.3 is 20.1 Å². The van der Waals surface area contributed by atoms with Gasteiger partial charge in [-0.1, -0.05) is 12.0 Å². The van der Waals surface area contributed by atoms with E-state index in [1.165, 1.54) is 30.5 Å². The number of benzene rings is 2. The number of ketones is 1. The Labute approximate surface area is 275 Å². The zero-order valence-electron chi connectivity index (χ0n) is 26.5. The van der Waals surface area contributed by atoms with Gasteiger partial charge in [-0.25, -0.2) is 13.2 Å². The van der Waals surface area contributed by atoms with Gasteiger partial charge in [-0.05, 0) is 62.7 Å². The van der Waals surface area contributed by atoms with E-state index < -0.39 is 28.9 Å². The van der Waals surface area contributed by atoms with E-state index in [2.05, 4.69) is 26.1 Å². The van der Waals surface area contributed by atoms with E-state index in [0.29, 0.717) is 49.1 Å². The lowest BCUT2D eigenvalue weighted by molar-refractivity contribution is -0.118. The van der Waals surface area contributed by atoms with Crippen LogP contribution in [0, 0.1) is 24.0 Å². The van der Waals surface area contributed by atoms with Crippen molar-refractivity contribution >= 4 is 33.3 Å². The number of pyridine rings is 1. The van der Waals surface area contributed by atoms with Crippen molar-refractivity contribution in [3.63, 3.8) is 0 Å². The first-order valence-corrected chi connectivity index (χ1v) is 16.4. The number of hydrogen-bond acceptors (Lipinski definition) is 9. The molecular weight excluding hydrogens is 621 g/mol. The van der Waals surface area contributed by atoms with Crippen molar-refractivity contribution in [2.24, 2.45) is 0 Å². The van der Waals surface area contributed by atoms with Crippen LogP contribution in [-0.2, 0) is 4.79 Å². The van der Waals surface area contributed by atoms with Gasteiger partial charge in [-0.15, -0.1) is 6.42 Å². The second kappa shape index (κ2) is 11.3. The van der Waals surface area contributed by atoms with E-state index in [1.54, 1.807) is 6.92 Å². The molecule has 0 saturated carbocycles. The Bertz CT molecular complexity index is 2040. The highest BCUT2D eigenvalue weighted by Gasteiger charge is 2.50. The number of carbonyl (C=O) groups is 1. The molecule has 12 heteroatoms. The smallest absolute Gasteiger partial charge is 0.319 e. The predicted octanol–water partition coefficient (Wildman–Crippen LogP) is 5.06. The van der Waals surface area contributed by atoms with E-state index >= 15 is 4.39 Å². The first-order valence-electron chi connectivity index (χ1n) is 16.4. The van der Waals surface area contributed by atoms with Crippen LogP contribution in [0.4, 0.5) is 19.0 Å². The summed E-state index contributed by atoms with van der Waals surface area (Å²) >= 11 is 0. The molecule has 2 aromatic heterocycles. The van der Waals surface area contributed by atoms with Crippen LogP contribution < -0.4 is 15.0 Å². The molecular formula is C36H35F3N6O3. The second-order valence-corrected chi connectivity index (χ2v) is 14.0. The summed E-state index contributed by atoms with van der Waals surface area (Å²) in [6, 6.07) is 5.45. The fourth-order valence-electron chi connectivity index (χ4n) is 8.73. The number of aromatic nitrogens is 3. The minimum atomic E-state index is -0.947. The van der Waals surface area contributed by atoms with Crippen LogP contribution in [0.5, 0.6) is 11.8 Å². The number of nitrogens with zero attached hydrogens (tertiary/aromatic N) is 5. The fraction of sp³-hybridized carbons (Fsp3) is 0.444. The third-order valence-corrected chi connectivity index (χ3v) is 10.6. The molecule has 4 atom stereocenters. The highest BCUT2D eigenvalue weighted by molar-refractivity contribution is 6.03. The first-order chi connectivity index (χ1) is 23.1. The molecule has 0 radical (unpaired) electrons. The molecule has 4 aliphatic rings. The summed E-state index contributed by atoms with van der Waals surface area (Å²) in [5.74, 6) is 1.20. The molecule has 2 bridgehead atoms. The van der Waals surface area contributed by atoms with Crippen molar-refractivity contribution in [1.29, 1.82) is 0 Å². The number of terminal acetylenes is 1. The molecule has 4 aromatic rings. The number of anilines is 1. The van der Waals surface area contributed by atoms with Gasteiger partial charge in [0, 0.05) is 61.2 Å². The third kappa shape index (κ3) is 5.02. The summed E-state index contributed by atoms with van der Waals surface area (Å²) in [6.07, 6.45) is 10.3. The van der Waals surface area contributed by atoms with Crippen molar-refractivity contribution in [3.8, 4) is 35.4 Å². The number of nitrogens with one attached hydrogen (secondary N) is 1. The number of hydrogen-bond donors (Lipinski definition) is 2. The van der Waals surface area contributed by atoms with E-state index in [0.717, 1.165) is 32.2 Å². The summed E-state index contributed by atoms with van der Waals surface area (Å²) in [5.41, 5.74) is -1.14. The molecule has 4 saturated heterocycles. The van der Waals surface area contributed by atoms with Crippen LogP contribution in [0.1, 0.15) is 51.0 Å². The normalized spacial score (nSPS) is 26.7. The van der Waals surface area contributed by atoms with Crippen LogP contribution in [0.3, 0.4) is 0 Å². The summed E-state index contributed by atoms with van der Waals surface area (Å²) in [4.78, 5) is 30.3. The Balaban J connectivity index is 1.28. The Morgan fingerprint density at radius 3 is 2.90 bits per heavy atom. The summed E-state index contributed by atoms with van der Waals surface area (Å²) in [7, 11) is 0. The van der Waals surface area contributed by atoms with Gasteiger partial charge in [0.05, 0.1) is 16.5 Å². The summed E-state index contributed by atoms with van der Waals surface area (Å²) in [6.45, 7) is 3.90. The second-order valence-electron chi connectivity index (χ2n) is 14.0. The lowest BCUT2D eigenvalue weighted by Gasteiger charge is -2.42. The largest absolute Gasteiger partial charge is 0.508 e. The van der Waals surface area contributed by atoms with E-state index in [-0.39, 0.29) is 57.9 Å². The van der Waals surface area contributed by atoms with E-state index in [1.807, 2.05) is 4.90 Å². The number of phenolic OH excluding ortho intramolecular Hbond substituents is 1. The van der Waals surface area contributed by atoms with Gasteiger partial charge in [0.25, 0.3) is 0 Å². The molecule has 6 heterocycles. The van der Waals surface area contributed by atoms with Crippen molar-refractivity contribution in [2.45, 2.75) is 68.7 Å². The average molecular weight is 657 g/mol. The number of aromatic hydroxyl groups is 1. The third-order valence-electron chi connectivity index (χ3n) is 10.6. The molecule has 248 valence electrons. The van der Waals surface area contributed by atoms with Gasteiger partial charge >= 0.3 is 6.01 Å². The maximum atomic E-state index is 16.9. The zero-order valence-corrected chi connectivity index (χ0v) is 26.5. The topological polar surface area (TPSA) is 104 Å². The minimum Gasteiger partial charge on any atom is -0.508 e. The van der Waals surface area contributed by atoms with Gasteiger partial charge in [0.1, 0.15) is 47.2 Å². The number of rotatable bonds is 7. The van der Waals surface area contributed by atoms with Crippen LogP contribution in [0.25, 0.3) is 32.9 Å². The Hall–Kier alpha value is -4.47. The van der Waals surface area contributed by atoms with Gasteiger partial charge in [-0.3, -0.25) is 14.7 Å². The Morgan fingerprint density at radius 2 is 2.08 bits per heavy atom. The number of carbonyl (C=O) groups excluding carboxylic acids is 1. The molecule has 9 nitrogen and oxygen atoms in total. The lowest BCUT2D eigenvalue weighted by Crippen LogP contribution is -2.60. The maximum Gasteiger partial charge on any atom is 0.319 e. The molecule has 0 aliphatic carbocycles. The number of ether oxygens (including phenoxy) is 1. The SMILES string of the molecule is C#Cc1c(F)ccc2cc(O)cc(-c3ncc4c(N5CC6CCC(CC(C)=O)(C5)N6)nc(OC[C@@]56CCCN5C[C@H](F)C6)nc4c3F)c12. The van der Waals surface area contributed by atoms with Crippen molar-refractivity contribution < 1.29 is 27.8 Å². The molecule has 4 aliphatic heterocycles. The standard InChI is InChI=1S/C36H35F3N6O3/c1-3-25-28(38)6-5-21-11-24(47)12-26(29(21)25)31-30(39)32-27(15-40-31)33(44-17-23-7-9-35(18-44,43-23)13-20(2)46)42-34(41-32)48-19-36-8-4-10-45(36)16-22(37)14-36/h1,5-6,11-12,15,22-23,43,47H,4,7-10,13-14,16-19H2,2H3/t22-,23?,35?,36+/m1/s1. The fourth-order valence-corrected chi connectivity index (χ4v) is 8.73. The molecule has 0 spiro atoms. The average Bonchev–Trinajstić information content (AvgIpc) is 3.67. The molecule has 0 amide bonds. The highest BCUT2D eigenvalue weighted by Crippen LogP contribution is 2.43. The molecule has 4 fully saturated rings. The van der Waals surface area contributed by atoms with Gasteiger partial charge in [0.15, 0.2) is 5.82 Å². The lowest BCUT2D eigenvalue weighted by atomic mass is 9.90. The van der Waals surface area contributed by atoms with Crippen molar-refractivity contribution in [2.75, 3.05) is 37.7 Å². The van der Waals surface area contributed by atoms with Crippen molar-refractivity contribution in [1.82, 2.24) is 25.2 Å². The van der Waals surface area contributed by atoms with Crippen molar-refractivity contribution in [3.05, 3.63) is 47.7 Å². The molecule has 2 aromatic carbocycles. The zero-order chi connectivity index (χ0) is 33.4. The number of Topliss-reactive ketones (excluding diaryl/α,β-unsaturated/α-hetero) is 1. The molecule has 2 unspecified atom stereocenters. The monoisotopic (exact) mass is 656 g/mol. The van der Waals surface area contributed by atoms with Gasteiger partial charge in [-0.2, -0.15) is 9.97 Å². The minimum absolute atomic E-state index is 0.0558. The number of piperazine rings is 1. The number of alkyl halides is 1. The Kier molecular flexibility index (Phi) is 7.27. The highest BCUT2D eigenvalue weighted by atomic mass is 19.1. The molecule has 48 heavy (non-hydrogen) atoms. The van der Waals surface area contributed by atoms with E-state index in [9.17, 15) is 18.7 Å². The number of halogens is 3. The molecule has 2 N–H and O–H groups in total. The van der Waals surface area contributed by atoms with Crippen LogP contribution >= 0.6 is 0 Å². The quantitative estimate of drug-likeness (QED) is 0.265. The number of fused-ring (bicyclic) bond motifs is 5. The van der Waals surface area contributed by atoms with Crippen LogP contribution in [0.2, 0.25) is 0 Å². The van der Waals surface area contributed by atoms with Gasteiger partial charge in [0.2, 0.25) is 0 Å². The summed E-state index contributed by atoms with van der Waals surface area (Å²) < 4.78 is 52.6. The van der Waals surface area contributed by atoms with E-state index in [4.69, 9.17) is 16.1 Å². The summed E-state index contributed by atoms with van der Waals surface area (Å²) in [5, 5.41) is 15.2. The molecule has 8 rings (SSSR count). The maximum absolute atomic E-state index is 16.9. The number of phenols is 1. The van der Waals surface area contributed by atoms with Crippen LogP contribution in [0.15, 0.2) is 30.5 Å².